The Hall–Kier alpha value is -3.71. The molecule has 23 aliphatic rings. The number of hydrogen-bond acceptors (Lipinski definition) is 14. The van der Waals surface area contributed by atoms with Crippen LogP contribution in [-0.4, -0.2) is 86.0 Å². The highest BCUT2D eigenvalue weighted by atomic mass is 16.6. The molecule has 23 rings (SSSR count). The van der Waals surface area contributed by atoms with Gasteiger partial charge in [-0.25, -0.2) is 0 Å². The van der Waals surface area contributed by atoms with Crippen molar-refractivity contribution in [3.63, 3.8) is 0 Å². The van der Waals surface area contributed by atoms with Gasteiger partial charge in [-0.1, -0.05) is 263 Å². The summed E-state index contributed by atoms with van der Waals surface area (Å²) in [6, 6.07) is 0. The maximum Gasteiger partial charge on any atom is 0.313 e. The largest absolute Gasteiger partial charge is 0.466 e. The first kappa shape index (κ1) is 120. The second kappa shape index (κ2) is 62.4. The van der Waals surface area contributed by atoms with Crippen LogP contribution in [0.1, 0.15) is 437 Å². The van der Waals surface area contributed by atoms with Crippen LogP contribution >= 0.6 is 0 Å². The van der Waals surface area contributed by atoms with Crippen LogP contribution in [-0.2, 0) is 66.7 Å². The van der Waals surface area contributed by atoms with E-state index >= 15 is 0 Å². The van der Waals surface area contributed by atoms with E-state index in [-0.39, 0.29) is 75.7 Å². The first-order valence-corrected chi connectivity index (χ1v) is 52.7. The van der Waals surface area contributed by atoms with Crippen LogP contribution < -0.4 is 0 Å². The molecule has 0 amide bonds. The van der Waals surface area contributed by atoms with Gasteiger partial charge >= 0.3 is 41.8 Å². The van der Waals surface area contributed by atoms with Crippen LogP contribution in [0.3, 0.4) is 0 Å². The van der Waals surface area contributed by atoms with Crippen LogP contribution in [0.5, 0.6) is 0 Å². The lowest BCUT2D eigenvalue weighted by atomic mass is 9.60. The molecule has 14 nitrogen and oxygen atoms in total. The van der Waals surface area contributed by atoms with Gasteiger partial charge in [0.2, 0.25) is 0 Å². The van der Waals surface area contributed by atoms with Gasteiger partial charge in [0, 0.05) is 29.6 Å². The number of hydrogen-bond donors (Lipinski definition) is 0. The highest BCUT2D eigenvalue weighted by Gasteiger charge is 2.73. The van der Waals surface area contributed by atoms with Crippen molar-refractivity contribution in [3.8, 4) is 0 Å². The number of fused-ring (bicyclic) bond motifs is 31. The Morgan fingerprint density at radius 2 is 0.775 bits per heavy atom. The first-order valence-electron chi connectivity index (χ1n) is 52.7. The van der Waals surface area contributed by atoms with Crippen molar-refractivity contribution in [1.29, 1.82) is 0 Å². The van der Waals surface area contributed by atoms with Gasteiger partial charge in [-0.05, 0) is 269 Å². The summed E-state index contributed by atoms with van der Waals surface area (Å²) in [5, 5.41) is 0. The topological polar surface area (TPSA) is 184 Å². The van der Waals surface area contributed by atoms with E-state index in [2.05, 4.69) is 25.5 Å². The summed E-state index contributed by atoms with van der Waals surface area (Å²) in [4.78, 5) is 79.3. The molecule has 15 saturated carbocycles. The zero-order valence-electron chi connectivity index (χ0n) is 86.7. The van der Waals surface area contributed by atoms with Gasteiger partial charge in [0.1, 0.15) is 17.8 Å². The molecule has 8 saturated heterocycles. The van der Waals surface area contributed by atoms with Crippen LogP contribution in [0.15, 0.2) is 0 Å². The van der Waals surface area contributed by atoms with Gasteiger partial charge in [0.05, 0.1) is 60.9 Å². The number of carbonyl (C=O) groups excluding carboxylic acids is 7. The molecular formula is C106H204O14. The molecule has 23 fully saturated rings. The molecule has 0 N–H and O–H groups in total. The van der Waals surface area contributed by atoms with Gasteiger partial charge < -0.3 is 33.2 Å². The van der Waals surface area contributed by atoms with Crippen molar-refractivity contribution in [1.82, 2.24) is 0 Å². The molecule has 27 atom stereocenters. The molecule has 0 radical (unpaired) electrons. The van der Waals surface area contributed by atoms with Crippen molar-refractivity contribution in [2.75, 3.05) is 26.4 Å². The Labute approximate surface area is 744 Å². The smallest absolute Gasteiger partial charge is 0.313 e. The summed E-state index contributed by atoms with van der Waals surface area (Å²) in [5.74, 6) is 18.7. The highest BCUT2D eigenvalue weighted by Crippen LogP contribution is 2.74. The van der Waals surface area contributed by atoms with E-state index in [0.29, 0.717) is 73.1 Å². The lowest BCUT2D eigenvalue weighted by Crippen LogP contribution is -2.42. The maximum absolute atomic E-state index is 12.2. The van der Waals surface area contributed by atoms with E-state index in [1.807, 2.05) is 256 Å². The minimum absolute atomic E-state index is 0.00116. The molecule has 120 heavy (non-hydrogen) atoms. The van der Waals surface area contributed by atoms with Crippen LogP contribution in [0, 0.1) is 158 Å². The van der Waals surface area contributed by atoms with Crippen molar-refractivity contribution in [3.05, 3.63) is 0 Å². The van der Waals surface area contributed by atoms with Crippen LogP contribution in [0.2, 0.25) is 0 Å². The molecule has 0 aromatic rings. The van der Waals surface area contributed by atoms with E-state index in [1.165, 1.54) is 89.9 Å². The summed E-state index contributed by atoms with van der Waals surface area (Å²) in [6.45, 7) is 83.2. The Morgan fingerprint density at radius 3 is 1.18 bits per heavy atom. The number of esters is 7. The number of carbonyl (C=O) groups is 7. The number of rotatable bonds is 0. The zero-order chi connectivity index (χ0) is 93.5. The monoisotopic (exact) mass is 1700 g/mol. The maximum atomic E-state index is 12.2. The third-order valence-electron chi connectivity index (χ3n) is 30.1. The Balaban J connectivity index is -0.00000126. The van der Waals surface area contributed by atoms with Gasteiger partial charge in [0.15, 0.2) is 0 Å². The van der Waals surface area contributed by atoms with Crippen molar-refractivity contribution in [2.24, 2.45) is 158 Å². The minimum Gasteiger partial charge on any atom is -0.466 e. The highest BCUT2D eigenvalue weighted by molar-refractivity contribution is 5.82. The standard InChI is InChI=1S/C15H20O2.C14H18O2.C10H14O2.C10H16O2.C9H12O2.C8H10O2.C4H6O2.18C2H6/c16-14-15(3-4-17-14)7-10-6-11(15)13-9-2-1-8(5-9)12(10)13;15-14-13-9-4-8(10(13)5-16-14)11-6-1-2-7(3-6)12(9)11;11-10-8-2-6-1-7(3-8)5-9(4-6)12-10;1-8(2)9(3)5-6-10(8,4)12-7(9)11;10-9-8-6-2-1-5(3-6)7(8)4-11-9;9-8-6-2-4-1-5(6)7(3-4)10-8;5-4-2-1-3-6-4;18*1-2/h8-13H,1-7H2;6-13H,1-5H2;6-9H,1-5H2;5-6H2,1-4H3;5-8H,1-4H2;4-7H,1-3H2;1-3H2;18*1-2H3. The first-order chi connectivity index (χ1) is 58.4. The summed E-state index contributed by atoms with van der Waals surface area (Å²) in [5.41, 5.74) is -0.450. The predicted molar refractivity (Wildman–Crippen MR) is 506 cm³/mol. The second-order valence-corrected chi connectivity index (χ2v) is 33.2. The fourth-order valence-electron chi connectivity index (χ4n) is 26.0. The van der Waals surface area contributed by atoms with Gasteiger partial charge in [-0.15, -0.1) is 0 Å². The fourth-order valence-corrected chi connectivity index (χ4v) is 26.0. The molecule has 18 bridgehead atoms. The molecule has 0 aromatic heterocycles. The quantitative estimate of drug-likeness (QED) is 0.127. The molecular weight excluding hydrogens is 1500 g/mol. The Bertz CT molecular complexity index is 2700. The van der Waals surface area contributed by atoms with Gasteiger partial charge in [-0.2, -0.15) is 0 Å². The number of ether oxygens (including phenoxy) is 7. The average molecular weight is 1700 g/mol. The molecule has 14 heteroatoms. The summed E-state index contributed by atoms with van der Waals surface area (Å²) in [6.07, 6.45) is 31.4. The lowest BCUT2D eigenvalue weighted by Gasteiger charge is -2.42. The minimum atomic E-state index is -0.234. The third-order valence-corrected chi connectivity index (χ3v) is 30.1. The van der Waals surface area contributed by atoms with E-state index in [9.17, 15) is 33.6 Å². The Kier molecular flexibility index (Phi) is 62.7. The van der Waals surface area contributed by atoms with Crippen molar-refractivity contribution < 1.29 is 66.7 Å². The lowest BCUT2D eigenvalue weighted by molar-refractivity contribution is -0.158. The predicted octanol–water partition coefficient (Wildman–Crippen LogP) is 29.5. The molecule has 712 valence electrons. The molecule has 8 heterocycles. The van der Waals surface area contributed by atoms with E-state index < -0.39 is 0 Å². The Morgan fingerprint density at radius 1 is 0.317 bits per heavy atom. The summed E-state index contributed by atoms with van der Waals surface area (Å²) in [7, 11) is 0. The SMILES string of the molecule is CC.CC.CC.CC.CC.CC.CC.CC.CC.CC.CC.CC.CC.CC.CC.CC.CC.CC.CC12CCC(C)(C(=O)O1)C2(C)C.O=C1CCCO1.O=C1OC2CC3CC(C2)CC1C3.O=C1OC2CC3CC1C2C3.O=C1OCC2C3CC(C12)C1C2CCC(C2)C31.O=C1OCC2C3CCC(C3)C12.O=C1OCCC12CC1CC2C2C3CCC(C3)C12. The summed E-state index contributed by atoms with van der Waals surface area (Å²) < 4.78 is 36.3. The van der Waals surface area contributed by atoms with Crippen molar-refractivity contribution >= 4 is 41.8 Å². The average Bonchev–Trinajstić information content (AvgIpc) is 1.52. The van der Waals surface area contributed by atoms with E-state index in [4.69, 9.17) is 28.4 Å². The molecule has 15 aliphatic carbocycles. The van der Waals surface area contributed by atoms with E-state index in [0.717, 1.165) is 166 Å². The third kappa shape index (κ3) is 26.3. The van der Waals surface area contributed by atoms with Gasteiger partial charge in [-0.3, -0.25) is 33.6 Å². The van der Waals surface area contributed by atoms with Crippen LogP contribution in [0.25, 0.3) is 0 Å². The fraction of sp³-hybridized carbons (Fsp3) is 0.934. The molecule has 27 unspecified atom stereocenters. The second-order valence-electron chi connectivity index (χ2n) is 33.2. The molecule has 1 spiro atoms. The van der Waals surface area contributed by atoms with Crippen LogP contribution in [0.4, 0.5) is 0 Å². The molecule has 0 aromatic carbocycles. The van der Waals surface area contributed by atoms with Crippen molar-refractivity contribution in [2.45, 2.75) is 455 Å². The van der Waals surface area contributed by atoms with E-state index in [1.54, 1.807) is 0 Å². The normalized spacial score (nSPS) is 39.0. The summed E-state index contributed by atoms with van der Waals surface area (Å²) >= 11 is 0. The zero-order valence-corrected chi connectivity index (χ0v) is 86.7. The number of cyclic esters (lactones) is 4. The van der Waals surface area contributed by atoms with Gasteiger partial charge in [0.25, 0.3) is 0 Å². The molecule has 8 aliphatic heterocycles.